The van der Waals surface area contributed by atoms with Crippen LogP contribution in [0.15, 0.2) is 82.2 Å². The molecule has 0 aliphatic heterocycles. The molecule has 8 nitrogen and oxygen atoms in total. The van der Waals surface area contributed by atoms with Gasteiger partial charge in [-0.15, -0.1) is 0 Å². The molecule has 208 valence electrons. The van der Waals surface area contributed by atoms with Crippen molar-refractivity contribution >= 4 is 43.5 Å². The van der Waals surface area contributed by atoms with Crippen LogP contribution < -0.4 is 14.4 Å². The smallest absolute Gasteiger partial charge is 0.264 e. The van der Waals surface area contributed by atoms with Crippen LogP contribution in [0.1, 0.15) is 31.4 Å². The fourth-order valence-corrected chi connectivity index (χ4v) is 5.56. The van der Waals surface area contributed by atoms with Gasteiger partial charge in [0.2, 0.25) is 11.8 Å². The first-order chi connectivity index (χ1) is 18.6. The number of amides is 2. The first kappa shape index (κ1) is 30.2. The lowest BCUT2D eigenvalue weighted by molar-refractivity contribution is -0.139. The molecule has 1 N–H and O–H groups in total. The number of sulfonamides is 1. The molecule has 3 rings (SSSR count). The van der Waals surface area contributed by atoms with Crippen molar-refractivity contribution in [2.24, 2.45) is 0 Å². The second-order valence-electron chi connectivity index (χ2n) is 9.14. The van der Waals surface area contributed by atoms with Crippen molar-refractivity contribution in [3.8, 4) is 5.75 Å². The minimum absolute atomic E-state index is 0.0601. The molecule has 0 aliphatic carbocycles. The van der Waals surface area contributed by atoms with Crippen LogP contribution in [0.2, 0.25) is 0 Å². The SMILES string of the molecule is CCCNC(=O)[C@@H](C)N(Cc1ccc(Br)cc1)C(=O)CN(c1ccc(OC)cc1)S(=O)(=O)c1ccc(C)cc1. The molecular weight excluding hydrogens is 582 g/mol. The predicted molar refractivity (Wildman–Crippen MR) is 156 cm³/mol. The Morgan fingerprint density at radius 3 is 2.15 bits per heavy atom. The lowest BCUT2D eigenvalue weighted by Crippen LogP contribution is -2.51. The molecule has 0 saturated carbocycles. The van der Waals surface area contributed by atoms with Gasteiger partial charge in [0.15, 0.2) is 0 Å². The molecule has 0 saturated heterocycles. The monoisotopic (exact) mass is 615 g/mol. The topological polar surface area (TPSA) is 96.0 Å². The molecular formula is C29H34BrN3O5S. The van der Waals surface area contributed by atoms with Gasteiger partial charge in [-0.1, -0.05) is 52.7 Å². The number of nitrogens with one attached hydrogen (secondary N) is 1. The standard InChI is InChI=1S/C29H34BrN3O5S/c1-5-18-31-29(35)22(3)32(19-23-8-10-24(30)11-9-23)28(34)20-33(25-12-14-26(38-4)15-13-25)39(36,37)27-16-6-21(2)7-17-27/h6-17,22H,5,18-20H2,1-4H3,(H,31,35)/t22-/m1/s1. The third-order valence-electron chi connectivity index (χ3n) is 6.23. The second kappa shape index (κ2) is 13.6. The fraction of sp³-hybridized carbons (Fsp3) is 0.310. The van der Waals surface area contributed by atoms with E-state index in [1.54, 1.807) is 43.3 Å². The summed E-state index contributed by atoms with van der Waals surface area (Å²) in [6.45, 7) is 5.57. The summed E-state index contributed by atoms with van der Waals surface area (Å²) in [6.07, 6.45) is 0.749. The minimum Gasteiger partial charge on any atom is -0.497 e. The van der Waals surface area contributed by atoms with Gasteiger partial charge < -0.3 is 15.0 Å². The first-order valence-corrected chi connectivity index (χ1v) is 14.8. The van der Waals surface area contributed by atoms with E-state index in [4.69, 9.17) is 4.74 Å². The highest BCUT2D eigenvalue weighted by molar-refractivity contribution is 9.10. The highest BCUT2D eigenvalue weighted by atomic mass is 79.9. The largest absolute Gasteiger partial charge is 0.497 e. The normalized spacial score (nSPS) is 11.9. The van der Waals surface area contributed by atoms with Gasteiger partial charge in [0, 0.05) is 17.6 Å². The Bertz CT molecular complexity index is 1360. The van der Waals surface area contributed by atoms with E-state index in [-0.39, 0.29) is 17.3 Å². The Kier molecular flexibility index (Phi) is 10.5. The molecule has 0 bridgehead atoms. The Morgan fingerprint density at radius 1 is 0.974 bits per heavy atom. The van der Waals surface area contributed by atoms with Crippen LogP contribution in [-0.4, -0.2) is 51.4 Å². The van der Waals surface area contributed by atoms with E-state index in [0.29, 0.717) is 18.0 Å². The quantitative estimate of drug-likeness (QED) is 0.312. The zero-order valence-electron chi connectivity index (χ0n) is 22.6. The molecule has 3 aromatic carbocycles. The van der Waals surface area contributed by atoms with Crippen LogP contribution in [0, 0.1) is 6.92 Å². The molecule has 0 fully saturated rings. The summed E-state index contributed by atoms with van der Waals surface area (Å²) in [6, 6.07) is 19.5. The van der Waals surface area contributed by atoms with Crippen molar-refractivity contribution in [3.05, 3.63) is 88.4 Å². The predicted octanol–water partition coefficient (Wildman–Crippen LogP) is 4.90. The van der Waals surface area contributed by atoms with Gasteiger partial charge in [-0.25, -0.2) is 8.42 Å². The molecule has 0 heterocycles. The zero-order chi connectivity index (χ0) is 28.6. The minimum atomic E-state index is -4.12. The Morgan fingerprint density at radius 2 is 1.59 bits per heavy atom. The summed E-state index contributed by atoms with van der Waals surface area (Å²) in [5, 5.41) is 2.84. The fourth-order valence-electron chi connectivity index (χ4n) is 3.88. The van der Waals surface area contributed by atoms with Crippen LogP contribution in [0.4, 0.5) is 5.69 Å². The summed E-state index contributed by atoms with van der Waals surface area (Å²) in [5.41, 5.74) is 2.02. The number of benzene rings is 3. The summed E-state index contributed by atoms with van der Waals surface area (Å²) >= 11 is 3.41. The number of rotatable bonds is 12. The second-order valence-corrected chi connectivity index (χ2v) is 11.9. The summed E-state index contributed by atoms with van der Waals surface area (Å²) in [4.78, 5) is 28.3. The lowest BCUT2D eigenvalue weighted by atomic mass is 10.1. The van der Waals surface area contributed by atoms with Crippen molar-refractivity contribution < 1.29 is 22.7 Å². The van der Waals surface area contributed by atoms with Crippen LogP contribution in [0.3, 0.4) is 0 Å². The number of carbonyl (C=O) groups is 2. The van der Waals surface area contributed by atoms with Gasteiger partial charge in [-0.05, 0) is 74.4 Å². The molecule has 10 heteroatoms. The van der Waals surface area contributed by atoms with Crippen LogP contribution >= 0.6 is 15.9 Å². The van der Waals surface area contributed by atoms with E-state index >= 15 is 0 Å². The number of aryl methyl sites for hydroxylation is 1. The number of halogens is 1. The van der Waals surface area contributed by atoms with Gasteiger partial charge in [0.1, 0.15) is 18.3 Å². The van der Waals surface area contributed by atoms with E-state index in [2.05, 4.69) is 21.2 Å². The summed E-state index contributed by atoms with van der Waals surface area (Å²) < 4.78 is 34.9. The Hall–Kier alpha value is -3.37. The van der Waals surface area contributed by atoms with Gasteiger partial charge >= 0.3 is 0 Å². The van der Waals surface area contributed by atoms with E-state index in [1.165, 1.54) is 24.1 Å². The van der Waals surface area contributed by atoms with Crippen LogP contribution in [0.25, 0.3) is 0 Å². The van der Waals surface area contributed by atoms with Crippen molar-refractivity contribution in [1.29, 1.82) is 0 Å². The van der Waals surface area contributed by atoms with Gasteiger partial charge in [-0.3, -0.25) is 13.9 Å². The van der Waals surface area contributed by atoms with Crippen molar-refractivity contribution in [1.82, 2.24) is 10.2 Å². The molecule has 0 spiro atoms. The molecule has 0 unspecified atom stereocenters. The molecule has 0 aliphatic rings. The van der Waals surface area contributed by atoms with Crippen LogP contribution in [-0.2, 0) is 26.2 Å². The third kappa shape index (κ3) is 7.83. The van der Waals surface area contributed by atoms with Crippen molar-refractivity contribution in [2.75, 3.05) is 24.5 Å². The van der Waals surface area contributed by atoms with Crippen molar-refractivity contribution in [2.45, 2.75) is 44.7 Å². The highest BCUT2D eigenvalue weighted by Gasteiger charge is 2.32. The molecule has 0 radical (unpaired) electrons. The molecule has 1 atom stereocenters. The van der Waals surface area contributed by atoms with Gasteiger partial charge in [0.25, 0.3) is 10.0 Å². The molecule has 0 aromatic heterocycles. The number of anilines is 1. The summed E-state index contributed by atoms with van der Waals surface area (Å²) in [5.74, 6) is -0.265. The number of nitrogens with zero attached hydrogens (tertiary/aromatic N) is 2. The maximum absolute atomic E-state index is 13.9. The van der Waals surface area contributed by atoms with E-state index in [1.807, 2.05) is 38.1 Å². The average Bonchev–Trinajstić information content (AvgIpc) is 2.94. The number of methoxy groups -OCH3 is 1. The Labute approximate surface area is 239 Å². The number of carbonyl (C=O) groups excluding carboxylic acids is 2. The van der Waals surface area contributed by atoms with E-state index < -0.39 is 28.5 Å². The number of hydrogen-bond acceptors (Lipinski definition) is 5. The number of hydrogen-bond donors (Lipinski definition) is 1. The van der Waals surface area contributed by atoms with Crippen LogP contribution in [0.5, 0.6) is 5.75 Å². The van der Waals surface area contributed by atoms with Crippen molar-refractivity contribution in [3.63, 3.8) is 0 Å². The molecule has 3 aromatic rings. The maximum Gasteiger partial charge on any atom is 0.264 e. The Balaban J connectivity index is 2.01. The third-order valence-corrected chi connectivity index (χ3v) is 8.55. The number of ether oxygens (including phenoxy) is 1. The molecule has 39 heavy (non-hydrogen) atoms. The van der Waals surface area contributed by atoms with E-state index in [9.17, 15) is 18.0 Å². The van der Waals surface area contributed by atoms with E-state index in [0.717, 1.165) is 26.3 Å². The summed E-state index contributed by atoms with van der Waals surface area (Å²) in [7, 11) is -2.60. The highest BCUT2D eigenvalue weighted by Crippen LogP contribution is 2.27. The van der Waals surface area contributed by atoms with Gasteiger partial charge in [-0.2, -0.15) is 0 Å². The first-order valence-electron chi connectivity index (χ1n) is 12.6. The average molecular weight is 617 g/mol. The van der Waals surface area contributed by atoms with Gasteiger partial charge in [0.05, 0.1) is 17.7 Å². The molecule has 2 amide bonds. The lowest BCUT2D eigenvalue weighted by Gasteiger charge is -2.32. The maximum atomic E-state index is 13.9. The zero-order valence-corrected chi connectivity index (χ0v) is 25.0.